The van der Waals surface area contributed by atoms with Gasteiger partial charge in [-0.25, -0.2) is 0 Å². The van der Waals surface area contributed by atoms with Gasteiger partial charge in [0.2, 0.25) is 0 Å². The molecule has 15 heavy (non-hydrogen) atoms. The van der Waals surface area contributed by atoms with Gasteiger partial charge < -0.3 is 5.73 Å². The van der Waals surface area contributed by atoms with Crippen molar-refractivity contribution in [3.05, 3.63) is 35.4 Å². The molecule has 0 saturated heterocycles. The molecule has 1 aliphatic rings. The monoisotopic (exact) mass is 203 g/mol. The normalized spacial score (nSPS) is 17.5. The highest BCUT2D eigenvalue weighted by Crippen LogP contribution is 2.35. The SMILES string of the molecule is CCCc1cccc(C(=O)C2(N)CC2)c1. The van der Waals surface area contributed by atoms with E-state index in [2.05, 4.69) is 13.0 Å². The first-order valence-electron chi connectivity index (χ1n) is 5.58. The van der Waals surface area contributed by atoms with Gasteiger partial charge in [0, 0.05) is 5.56 Å². The minimum absolute atomic E-state index is 0.112. The van der Waals surface area contributed by atoms with Crippen LogP contribution in [0.3, 0.4) is 0 Å². The second-order valence-corrected chi connectivity index (χ2v) is 4.44. The summed E-state index contributed by atoms with van der Waals surface area (Å²) in [5.74, 6) is 0.112. The average Bonchev–Trinajstić information content (AvgIpc) is 2.98. The molecule has 0 heterocycles. The molecule has 80 valence electrons. The third kappa shape index (κ3) is 2.10. The maximum Gasteiger partial charge on any atom is 0.182 e. The molecule has 1 fully saturated rings. The van der Waals surface area contributed by atoms with Crippen molar-refractivity contribution in [1.29, 1.82) is 0 Å². The van der Waals surface area contributed by atoms with E-state index in [1.807, 2.05) is 18.2 Å². The van der Waals surface area contributed by atoms with Gasteiger partial charge in [-0.1, -0.05) is 31.5 Å². The fourth-order valence-electron chi connectivity index (χ4n) is 1.81. The molecule has 2 N–H and O–H groups in total. The molecule has 0 atom stereocenters. The number of aryl methyl sites for hydroxylation is 1. The van der Waals surface area contributed by atoms with E-state index < -0.39 is 5.54 Å². The maximum atomic E-state index is 12.0. The van der Waals surface area contributed by atoms with Crippen LogP contribution in [0.2, 0.25) is 0 Å². The van der Waals surface area contributed by atoms with E-state index in [9.17, 15) is 4.79 Å². The lowest BCUT2D eigenvalue weighted by molar-refractivity contribution is 0.0949. The lowest BCUT2D eigenvalue weighted by atomic mass is 9.99. The first-order valence-corrected chi connectivity index (χ1v) is 5.58. The predicted octanol–water partition coefficient (Wildman–Crippen LogP) is 2.31. The topological polar surface area (TPSA) is 43.1 Å². The highest BCUT2D eigenvalue weighted by molar-refractivity contribution is 6.05. The summed E-state index contributed by atoms with van der Waals surface area (Å²) < 4.78 is 0. The second kappa shape index (κ2) is 3.78. The first-order chi connectivity index (χ1) is 7.15. The van der Waals surface area contributed by atoms with Crippen molar-refractivity contribution < 1.29 is 4.79 Å². The summed E-state index contributed by atoms with van der Waals surface area (Å²) in [6, 6.07) is 7.87. The van der Waals surface area contributed by atoms with Gasteiger partial charge in [-0.3, -0.25) is 4.79 Å². The Morgan fingerprint density at radius 3 is 2.80 bits per heavy atom. The highest BCUT2D eigenvalue weighted by atomic mass is 16.1. The van der Waals surface area contributed by atoms with Crippen LogP contribution in [-0.4, -0.2) is 11.3 Å². The van der Waals surface area contributed by atoms with Crippen molar-refractivity contribution in [2.75, 3.05) is 0 Å². The van der Waals surface area contributed by atoms with Crippen LogP contribution in [0.1, 0.15) is 42.1 Å². The molecule has 1 saturated carbocycles. The molecule has 0 spiro atoms. The number of benzene rings is 1. The minimum atomic E-state index is -0.537. The molecular weight excluding hydrogens is 186 g/mol. The van der Waals surface area contributed by atoms with Crippen molar-refractivity contribution >= 4 is 5.78 Å². The van der Waals surface area contributed by atoms with Crippen LogP contribution in [0.5, 0.6) is 0 Å². The molecule has 0 radical (unpaired) electrons. The van der Waals surface area contributed by atoms with E-state index in [0.29, 0.717) is 0 Å². The van der Waals surface area contributed by atoms with Crippen LogP contribution in [-0.2, 0) is 6.42 Å². The molecule has 0 bridgehead atoms. The van der Waals surface area contributed by atoms with Gasteiger partial charge in [-0.15, -0.1) is 0 Å². The summed E-state index contributed by atoms with van der Waals surface area (Å²) >= 11 is 0. The van der Waals surface area contributed by atoms with Crippen molar-refractivity contribution in [1.82, 2.24) is 0 Å². The predicted molar refractivity (Wildman–Crippen MR) is 60.9 cm³/mol. The van der Waals surface area contributed by atoms with Crippen molar-refractivity contribution in [2.45, 2.75) is 38.1 Å². The molecule has 1 aromatic rings. The lowest BCUT2D eigenvalue weighted by Gasteiger charge is -2.08. The zero-order chi connectivity index (χ0) is 10.9. The number of rotatable bonds is 4. The van der Waals surface area contributed by atoms with Crippen LogP contribution < -0.4 is 5.73 Å². The Morgan fingerprint density at radius 2 is 2.20 bits per heavy atom. The first kappa shape index (κ1) is 10.4. The summed E-state index contributed by atoms with van der Waals surface area (Å²) in [5, 5.41) is 0. The minimum Gasteiger partial charge on any atom is -0.319 e. The number of hydrogen-bond donors (Lipinski definition) is 1. The van der Waals surface area contributed by atoms with Gasteiger partial charge in [0.05, 0.1) is 5.54 Å². The molecule has 2 nitrogen and oxygen atoms in total. The van der Waals surface area contributed by atoms with Crippen LogP contribution in [0.4, 0.5) is 0 Å². The van der Waals surface area contributed by atoms with Gasteiger partial charge in [0.15, 0.2) is 5.78 Å². The zero-order valence-corrected chi connectivity index (χ0v) is 9.12. The van der Waals surface area contributed by atoms with Crippen molar-refractivity contribution in [3.63, 3.8) is 0 Å². The van der Waals surface area contributed by atoms with E-state index in [0.717, 1.165) is 31.2 Å². The zero-order valence-electron chi connectivity index (χ0n) is 9.12. The molecule has 0 unspecified atom stereocenters. The molecule has 0 aliphatic heterocycles. The summed E-state index contributed by atoms with van der Waals surface area (Å²) in [4.78, 5) is 12.0. The van der Waals surface area contributed by atoms with Crippen molar-refractivity contribution in [2.24, 2.45) is 5.73 Å². The van der Waals surface area contributed by atoms with Gasteiger partial charge in [0.25, 0.3) is 0 Å². The van der Waals surface area contributed by atoms with Gasteiger partial charge in [-0.2, -0.15) is 0 Å². The summed E-state index contributed by atoms with van der Waals surface area (Å²) in [6.45, 7) is 2.14. The Kier molecular flexibility index (Phi) is 2.61. The highest BCUT2D eigenvalue weighted by Gasteiger charge is 2.45. The third-order valence-electron chi connectivity index (χ3n) is 2.97. The Bertz CT molecular complexity index is 380. The molecular formula is C13H17NO. The van der Waals surface area contributed by atoms with E-state index in [-0.39, 0.29) is 5.78 Å². The number of carbonyl (C=O) groups is 1. The molecule has 1 aliphatic carbocycles. The van der Waals surface area contributed by atoms with E-state index in [1.165, 1.54) is 5.56 Å². The maximum absolute atomic E-state index is 12.0. The Morgan fingerprint density at radius 1 is 1.47 bits per heavy atom. The van der Waals surface area contributed by atoms with Crippen LogP contribution in [0.25, 0.3) is 0 Å². The number of hydrogen-bond acceptors (Lipinski definition) is 2. The van der Waals surface area contributed by atoms with E-state index >= 15 is 0 Å². The smallest absolute Gasteiger partial charge is 0.182 e. The summed E-state index contributed by atoms with van der Waals surface area (Å²) in [6.07, 6.45) is 3.80. The van der Waals surface area contributed by atoms with Gasteiger partial charge >= 0.3 is 0 Å². The number of ketones is 1. The van der Waals surface area contributed by atoms with E-state index in [4.69, 9.17) is 5.73 Å². The van der Waals surface area contributed by atoms with Crippen molar-refractivity contribution in [3.8, 4) is 0 Å². The number of nitrogens with two attached hydrogens (primary N) is 1. The van der Waals surface area contributed by atoms with Crippen LogP contribution >= 0.6 is 0 Å². The number of carbonyl (C=O) groups excluding carboxylic acids is 1. The Hall–Kier alpha value is -1.15. The third-order valence-corrected chi connectivity index (χ3v) is 2.97. The molecule has 2 heteroatoms. The standard InChI is InChI=1S/C13H17NO/c1-2-4-10-5-3-6-11(9-10)12(15)13(14)7-8-13/h3,5-6,9H,2,4,7-8,14H2,1H3. The lowest BCUT2D eigenvalue weighted by Crippen LogP contribution is -2.32. The number of Topliss-reactive ketones (excluding diaryl/α,β-unsaturated/α-hetero) is 1. The van der Waals surface area contributed by atoms with Gasteiger partial charge in [-0.05, 0) is 30.9 Å². The van der Waals surface area contributed by atoms with Crippen LogP contribution in [0.15, 0.2) is 24.3 Å². The Balaban J connectivity index is 2.21. The molecule has 1 aromatic carbocycles. The fourth-order valence-corrected chi connectivity index (χ4v) is 1.81. The quantitative estimate of drug-likeness (QED) is 0.763. The fraction of sp³-hybridized carbons (Fsp3) is 0.462. The largest absolute Gasteiger partial charge is 0.319 e. The molecule has 2 rings (SSSR count). The van der Waals surface area contributed by atoms with Crippen LogP contribution in [0, 0.1) is 0 Å². The molecule has 0 aromatic heterocycles. The second-order valence-electron chi connectivity index (χ2n) is 4.44. The van der Waals surface area contributed by atoms with Gasteiger partial charge in [0.1, 0.15) is 0 Å². The average molecular weight is 203 g/mol. The molecule has 0 amide bonds. The summed E-state index contributed by atoms with van der Waals surface area (Å²) in [7, 11) is 0. The Labute approximate surface area is 90.5 Å². The van der Waals surface area contributed by atoms with E-state index in [1.54, 1.807) is 0 Å². The summed E-state index contributed by atoms with van der Waals surface area (Å²) in [5.41, 5.74) is 7.37.